The third-order valence-electron chi connectivity index (χ3n) is 3.13. The molecule has 1 amide bonds. The van der Waals surface area contributed by atoms with Crippen molar-refractivity contribution in [2.75, 3.05) is 24.0 Å². The first kappa shape index (κ1) is 12.7. The summed E-state index contributed by atoms with van der Waals surface area (Å²) in [6.07, 6.45) is 0. The minimum atomic E-state index is -0.0996. The average molecular weight is 250 g/mol. The van der Waals surface area contributed by atoms with Gasteiger partial charge in [-0.05, 0) is 23.1 Å². The van der Waals surface area contributed by atoms with Crippen molar-refractivity contribution in [2.45, 2.75) is 26.2 Å². The number of ether oxygens (including phenoxy) is 1. The molecular formula is C13H18N2O3. The number of nitrogens with zero attached hydrogens (tertiary/aromatic N) is 1. The molecule has 0 atom stereocenters. The molecule has 0 spiro atoms. The molecule has 0 bridgehead atoms. The molecule has 1 aliphatic rings. The van der Waals surface area contributed by atoms with Crippen LogP contribution in [0.25, 0.3) is 0 Å². The minimum Gasteiger partial charge on any atom is -0.479 e. The second-order valence-corrected chi connectivity index (χ2v) is 5.48. The lowest BCUT2D eigenvalue weighted by Crippen LogP contribution is -2.36. The predicted octanol–water partition coefficient (Wildman–Crippen LogP) is 2.14. The second kappa shape index (κ2) is 4.17. The number of hydrogen-bond donors (Lipinski definition) is 2. The number of anilines is 2. The van der Waals surface area contributed by atoms with Gasteiger partial charge in [-0.15, -0.1) is 0 Å². The first-order valence-electron chi connectivity index (χ1n) is 5.82. The Hall–Kier alpha value is -1.75. The zero-order valence-corrected chi connectivity index (χ0v) is 11.1. The largest absolute Gasteiger partial charge is 0.479 e. The Morgan fingerprint density at radius 1 is 1.39 bits per heavy atom. The van der Waals surface area contributed by atoms with E-state index < -0.39 is 0 Å². The maximum atomic E-state index is 11.6. The van der Waals surface area contributed by atoms with E-state index in [1.807, 2.05) is 12.1 Å². The van der Waals surface area contributed by atoms with Crippen molar-refractivity contribution in [1.82, 2.24) is 0 Å². The van der Waals surface area contributed by atoms with Gasteiger partial charge in [0, 0.05) is 7.05 Å². The standard InChI is InChI=1S/C13H18N2O3/c1-13(2,3)8-5-9(14-17)12-10(6-8)15(4)11(16)7-18-12/h5-6,14,17H,7H2,1-4H3. The number of carbonyl (C=O) groups excluding carboxylic acids is 1. The van der Waals surface area contributed by atoms with Gasteiger partial charge >= 0.3 is 0 Å². The number of hydrogen-bond acceptors (Lipinski definition) is 4. The van der Waals surface area contributed by atoms with Crippen molar-refractivity contribution >= 4 is 17.3 Å². The van der Waals surface area contributed by atoms with Crippen LogP contribution < -0.4 is 15.1 Å². The molecule has 2 N–H and O–H groups in total. The number of fused-ring (bicyclic) bond motifs is 1. The van der Waals surface area contributed by atoms with E-state index in [1.165, 1.54) is 0 Å². The number of likely N-dealkylation sites (N-methyl/N-ethyl adjacent to an activating group) is 1. The van der Waals surface area contributed by atoms with E-state index in [0.29, 0.717) is 17.1 Å². The first-order chi connectivity index (χ1) is 8.34. The van der Waals surface area contributed by atoms with Gasteiger partial charge in [0.25, 0.3) is 5.91 Å². The van der Waals surface area contributed by atoms with Crippen LogP contribution in [0.15, 0.2) is 12.1 Å². The Kier molecular flexibility index (Phi) is 2.94. The summed E-state index contributed by atoms with van der Waals surface area (Å²) in [7, 11) is 1.71. The number of amides is 1. The third kappa shape index (κ3) is 2.01. The van der Waals surface area contributed by atoms with Crippen LogP contribution in [0.2, 0.25) is 0 Å². The maximum Gasteiger partial charge on any atom is 0.264 e. The summed E-state index contributed by atoms with van der Waals surface area (Å²) in [6, 6.07) is 3.76. The van der Waals surface area contributed by atoms with E-state index in [2.05, 4.69) is 26.3 Å². The molecule has 98 valence electrons. The van der Waals surface area contributed by atoms with E-state index in [1.54, 1.807) is 11.9 Å². The van der Waals surface area contributed by atoms with Gasteiger partial charge in [0.1, 0.15) is 5.69 Å². The molecule has 0 fully saturated rings. The fourth-order valence-electron chi connectivity index (χ4n) is 1.90. The van der Waals surface area contributed by atoms with E-state index in [4.69, 9.17) is 4.74 Å². The Labute approximate surface area is 106 Å². The molecule has 1 aliphatic heterocycles. The van der Waals surface area contributed by atoms with Crippen LogP contribution >= 0.6 is 0 Å². The smallest absolute Gasteiger partial charge is 0.264 e. The van der Waals surface area contributed by atoms with Gasteiger partial charge in [0.2, 0.25) is 0 Å². The van der Waals surface area contributed by atoms with Crippen LogP contribution in [-0.2, 0) is 10.2 Å². The van der Waals surface area contributed by atoms with E-state index in [9.17, 15) is 10.0 Å². The van der Waals surface area contributed by atoms with Gasteiger partial charge < -0.3 is 9.64 Å². The zero-order valence-electron chi connectivity index (χ0n) is 11.1. The van der Waals surface area contributed by atoms with E-state index in [0.717, 1.165) is 5.56 Å². The molecule has 0 saturated carbocycles. The fraction of sp³-hybridized carbons (Fsp3) is 0.462. The van der Waals surface area contributed by atoms with Crippen molar-refractivity contribution in [3.05, 3.63) is 17.7 Å². The monoisotopic (exact) mass is 250 g/mol. The second-order valence-electron chi connectivity index (χ2n) is 5.48. The summed E-state index contributed by atoms with van der Waals surface area (Å²) in [5.41, 5.74) is 4.23. The molecule has 2 rings (SSSR count). The SMILES string of the molecule is CN1C(=O)COc2c(NO)cc(C(C)(C)C)cc21. The van der Waals surface area contributed by atoms with Gasteiger partial charge in [-0.1, -0.05) is 20.8 Å². The molecule has 18 heavy (non-hydrogen) atoms. The highest BCUT2D eigenvalue weighted by Gasteiger charge is 2.27. The predicted molar refractivity (Wildman–Crippen MR) is 69.5 cm³/mol. The molecule has 0 radical (unpaired) electrons. The van der Waals surface area contributed by atoms with Gasteiger partial charge in [-0.2, -0.15) is 0 Å². The number of carbonyl (C=O) groups is 1. The third-order valence-corrected chi connectivity index (χ3v) is 3.13. The number of nitrogens with one attached hydrogen (secondary N) is 1. The van der Waals surface area contributed by atoms with Crippen LogP contribution in [0.4, 0.5) is 11.4 Å². The van der Waals surface area contributed by atoms with Gasteiger partial charge in [-0.25, -0.2) is 0 Å². The highest BCUT2D eigenvalue weighted by molar-refractivity contribution is 5.99. The van der Waals surface area contributed by atoms with Gasteiger partial charge in [0.05, 0.1) is 5.69 Å². The summed E-state index contributed by atoms with van der Waals surface area (Å²) in [6.45, 7) is 6.21. The minimum absolute atomic E-state index is 0.00690. The normalized spacial score (nSPS) is 15.2. The molecule has 5 heteroatoms. The fourth-order valence-corrected chi connectivity index (χ4v) is 1.90. The summed E-state index contributed by atoms with van der Waals surface area (Å²) in [5.74, 6) is 0.407. The topological polar surface area (TPSA) is 61.8 Å². The summed E-state index contributed by atoms with van der Waals surface area (Å²) < 4.78 is 5.38. The van der Waals surface area contributed by atoms with Crippen LogP contribution in [0.3, 0.4) is 0 Å². The Morgan fingerprint density at radius 3 is 2.61 bits per heavy atom. The average Bonchev–Trinajstić information content (AvgIpc) is 2.31. The summed E-state index contributed by atoms with van der Waals surface area (Å²) in [5, 5.41) is 9.20. The number of benzene rings is 1. The summed E-state index contributed by atoms with van der Waals surface area (Å²) >= 11 is 0. The van der Waals surface area contributed by atoms with Crippen LogP contribution in [-0.4, -0.2) is 24.8 Å². The molecule has 1 aromatic carbocycles. The lowest BCUT2D eigenvalue weighted by molar-refractivity contribution is -0.120. The van der Waals surface area contributed by atoms with Crippen molar-refractivity contribution in [1.29, 1.82) is 0 Å². The van der Waals surface area contributed by atoms with E-state index >= 15 is 0 Å². The van der Waals surface area contributed by atoms with Crippen LogP contribution in [0.5, 0.6) is 5.75 Å². The highest BCUT2D eigenvalue weighted by atomic mass is 16.5. The molecule has 0 saturated heterocycles. The highest BCUT2D eigenvalue weighted by Crippen LogP contribution is 2.41. The van der Waals surface area contributed by atoms with Crippen LogP contribution in [0, 0.1) is 0 Å². The van der Waals surface area contributed by atoms with Crippen molar-refractivity contribution in [3.8, 4) is 5.75 Å². The summed E-state index contributed by atoms with van der Waals surface area (Å²) in [4.78, 5) is 13.2. The molecular weight excluding hydrogens is 232 g/mol. The molecule has 0 aromatic heterocycles. The Balaban J connectivity index is 2.62. The van der Waals surface area contributed by atoms with Crippen molar-refractivity contribution in [3.63, 3.8) is 0 Å². The molecule has 0 aliphatic carbocycles. The lowest BCUT2D eigenvalue weighted by Gasteiger charge is -2.30. The van der Waals surface area contributed by atoms with E-state index in [-0.39, 0.29) is 17.9 Å². The van der Waals surface area contributed by atoms with Gasteiger partial charge in [0.15, 0.2) is 12.4 Å². The Morgan fingerprint density at radius 2 is 2.06 bits per heavy atom. The number of rotatable bonds is 1. The molecule has 1 aromatic rings. The zero-order chi connectivity index (χ0) is 13.5. The van der Waals surface area contributed by atoms with Gasteiger partial charge in [-0.3, -0.25) is 15.5 Å². The van der Waals surface area contributed by atoms with Crippen molar-refractivity contribution in [2.24, 2.45) is 0 Å². The molecule has 0 unspecified atom stereocenters. The lowest BCUT2D eigenvalue weighted by atomic mass is 9.86. The Bertz CT molecular complexity index is 492. The first-order valence-corrected chi connectivity index (χ1v) is 5.82. The quantitative estimate of drug-likeness (QED) is 0.750. The van der Waals surface area contributed by atoms with Crippen LogP contribution in [0.1, 0.15) is 26.3 Å². The molecule has 5 nitrogen and oxygen atoms in total. The molecule has 1 heterocycles. The maximum absolute atomic E-state index is 11.6. The van der Waals surface area contributed by atoms with Crippen molar-refractivity contribution < 1.29 is 14.7 Å².